The van der Waals surface area contributed by atoms with Gasteiger partial charge in [0.15, 0.2) is 5.96 Å². The Labute approximate surface area is 144 Å². The third-order valence-corrected chi connectivity index (χ3v) is 3.54. The third-order valence-electron chi connectivity index (χ3n) is 3.54. The van der Waals surface area contributed by atoms with Crippen LogP contribution in [0.1, 0.15) is 6.92 Å². The molecule has 1 aromatic carbocycles. The highest BCUT2D eigenvalue weighted by Gasteiger charge is 2.19. The lowest BCUT2D eigenvalue weighted by Crippen LogP contribution is -2.52. The Balaban J connectivity index is 0.00000220. The van der Waals surface area contributed by atoms with Crippen LogP contribution in [0.2, 0.25) is 0 Å². The zero-order valence-electron chi connectivity index (χ0n) is 13.0. The van der Waals surface area contributed by atoms with Crippen molar-refractivity contribution >= 4 is 35.6 Å². The maximum atomic E-state index is 5.29. The monoisotopic (exact) mass is 404 g/mol. The number of halogens is 1. The van der Waals surface area contributed by atoms with Crippen molar-refractivity contribution in [3.63, 3.8) is 0 Å². The molecule has 0 aromatic heterocycles. The fraction of sp³-hybridized carbons (Fsp3) is 0.533. The van der Waals surface area contributed by atoms with Crippen LogP contribution in [0.25, 0.3) is 0 Å². The number of rotatable bonds is 3. The predicted octanol–water partition coefficient (Wildman–Crippen LogP) is 2.03. The Bertz CT molecular complexity index is 459. The van der Waals surface area contributed by atoms with E-state index in [2.05, 4.69) is 39.2 Å². The van der Waals surface area contributed by atoms with Gasteiger partial charge in [0.25, 0.3) is 0 Å². The van der Waals surface area contributed by atoms with Crippen LogP contribution in [0, 0.1) is 0 Å². The van der Waals surface area contributed by atoms with E-state index in [0.717, 1.165) is 44.4 Å². The molecule has 1 heterocycles. The molecule has 1 aliphatic heterocycles. The maximum Gasteiger partial charge on any atom is 0.193 e. The van der Waals surface area contributed by atoms with E-state index in [-0.39, 0.29) is 24.0 Å². The first-order chi connectivity index (χ1) is 9.78. The first kappa shape index (κ1) is 17.9. The molecule has 1 N–H and O–H groups in total. The quantitative estimate of drug-likeness (QED) is 0.476. The summed E-state index contributed by atoms with van der Waals surface area (Å²) in [7, 11) is 3.55. The molecule has 1 aliphatic rings. The number of ether oxygens (including phenoxy) is 1. The second kappa shape index (κ2) is 8.96. The number of piperazine rings is 1. The molecule has 0 spiro atoms. The Morgan fingerprint density at radius 1 is 1.29 bits per heavy atom. The second-order valence-electron chi connectivity index (χ2n) is 4.75. The lowest BCUT2D eigenvalue weighted by Gasteiger charge is -2.37. The minimum atomic E-state index is 0. The molecule has 118 valence electrons. The molecule has 0 bridgehead atoms. The van der Waals surface area contributed by atoms with Crippen molar-refractivity contribution in [2.45, 2.75) is 6.92 Å². The van der Waals surface area contributed by atoms with Crippen LogP contribution >= 0.6 is 24.0 Å². The number of nitrogens with zero attached hydrogens (tertiary/aromatic N) is 3. The summed E-state index contributed by atoms with van der Waals surface area (Å²) in [6.45, 7) is 6.96. The van der Waals surface area contributed by atoms with Gasteiger partial charge in [-0.15, -0.1) is 24.0 Å². The Kier molecular flexibility index (Phi) is 7.63. The molecule has 6 heteroatoms. The number of nitrogens with one attached hydrogen (secondary N) is 1. The largest absolute Gasteiger partial charge is 0.497 e. The van der Waals surface area contributed by atoms with Gasteiger partial charge in [-0.3, -0.25) is 4.99 Å². The first-order valence-corrected chi connectivity index (χ1v) is 7.13. The van der Waals surface area contributed by atoms with Crippen LogP contribution in [0.4, 0.5) is 5.69 Å². The van der Waals surface area contributed by atoms with Gasteiger partial charge in [-0.25, -0.2) is 0 Å². The number of guanidine groups is 1. The summed E-state index contributed by atoms with van der Waals surface area (Å²) in [5.41, 5.74) is 1.22. The molecule has 1 aromatic rings. The zero-order chi connectivity index (χ0) is 14.4. The number of hydrogen-bond donors (Lipinski definition) is 1. The maximum absolute atomic E-state index is 5.29. The molecule has 1 saturated heterocycles. The lowest BCUT2D eigenvalue weighted by atomic mass is 10.2. The van der Waals surface area contributed by atoms with E-state index < -0.39 is 0 Å². The fourth-order valence-electron chi connectivity index (χ4n) is 2.47. The van der Waals surface area contributed by atoms with Gasteiger partial charge in [0.05, 0.1) is 7.11 Å². The van der Waals surface area contributed by atoms with Crippen LogP contribution in [-0.2, 0) is 0 Å². The summed E-state index contributed by atoms with van der Waals surface area (Å²) in [6, 6.07) is 8.25. The highest BCUT2D eigenvalue weighted by molar-refractivity contribution is 14.0. The number of methoxy groups -OCH3 is 1. The fourth-order valence-corrected chi connectivity index (χ4v) is 2.47. The highest BCUT2D eigenvalue weighted by Crippen LogP contribution is 2.22. The van der Waals surface area contributed by atoms with E-state index in [0.29, 0.717) is 0 Å². The van der Waals surface area contributed by atoms with Crippen LogP contribution in [0.15, 0.2) is 29.3 Å². The summed E-state index contributed by atoms with van der Waals surface area (Å²) < 4.78 is 5.29. The number of benzene rings is 1. The van der Waals surface area contributed by atoms with Crippen LogP contribution in [-0.4, -0.2) is 57.7 Å². The van der Waals surface area contributed by atoms with E-state index in [1.807, 2.05) is 19.2 Å². The molecular weight excluding hydrogens is 379 g/mol. The summed E-state index contributed by atoms with van der Waals surface area (Å²) in [5.74, 6) is 1.91. The van der Waals surface area contributed by atoms with Crippen LogP contribution in [0.3, 0.4) is 0 Å². The lowest BCUT2D eigenvalue weighted by molar-refractivity contribution is 0.373. The number of aliphatic imine (C=N–C) groups is 1. The number of hydrogen-bond acceptors (Lipinski definition) is 3. The minimum Gasteiger partial charge on any atom is -0.497 e. The van der Waals surface area contributed by atoms with Crippen molar-refractivity contribution in [3.8, 4) is 5.75 Å². The Morgan fingerprint density at radius 2 is 2.00 bits per heavy atom. The predicted molar refractivity (Wildman–Crippen MR) is 99.2 cm³/mol. The van der Waals surface area contributed by atoms with E-state index in [1.165, 1.54) is 5.69 Å². The van der Waals surface area contributed by atoms with Crippen molar-refractivity contribution in [2.24, 2.45) is 4.99 Å². The molecular formula is C15H25IN4O. The van der Waals surface area contributed by atoms with Gasteiger partial charge in [-0.05, 0) is 19.1 Å². The molecule has 0 aliphatic carbocycles. The van der Waals surface area contributed by atoms with Gasteiger partial charge in [0.1, 0.15) is 5.75 Å². The summed E-state index contributed by atoms with van der Waals surface area (Å²) in [4.78, 5) is 9.01. The Morgan fingerprint density at radius 3 is 2.57 bits per heavy atom. The topological polar surface area (TPSA) is 40.1 Å². The SMILES string of the molecule is CCNC(=NC)N1CCN(c2cccc(OC)c2)CC1.I. The molecule has 0 radical (unpaired) electrons. The normalized spacial score (nSPS) is 15.5. The standard InChI is InChI=1S/C15H24N4O.HI/c1-4-17-15(16-2)19-10-8-18(9-11-19)13-6-5-7-14(12-13)20-3;/h5-7,12H,4,8-11H2,1-3H3,(H,16,17);1H. The zero-order valence-corrected chi connectivity index (χ0v) is 15.3. The van der Waals surface area contributed by atoms with E-state index in [1.54, 1.807) is 7.11 Å². The van der Waals surface area contributed by atoms with Crippen LogP contribution in [0.5, 0.6) is 5.75 Å². The smallest absolute Gasteiger partial charge is 0.193 e. The molecule has 0 atom stereocenters. The van der Waals surface area contributed by atoms with E-state index in [4.69, 9.17) is 4.74 Å². The highest BCUT2D eigenvalue weighted by atomic mass is 127. The molecule has 21 heavy (non-hydrogen) atoms. The van der Waals surface area contributed by atoms with Crippen molar-refractivity contribution in [2.75, 3.05) is 51.8 Å². The van der Waals surface area contributed by atoms with Crippen molar-refractivity contribution in [3.05, 3.63) is 24.3 Å². The van der Waals surface area contributed by atoms with Crippen molar-refractivity contribution < 1.29 is 4.74 Å². The molecule has 0 unspecified atom stereocenters. The number of anilines is 1. The molecule has 2 rings (SSSR count). The third kappa shape index (κ3) is 4.66. The second-order valence-corrected chi connectivity index (χ2v) is 4.75. The Hall–Kier alpha value is -1.18. The van der Waals surface area contributed by atoms with E-state index in [9.17, 15) is 0 Å². The molecule has 5 nitrogen and oxygen atoms in total. The average Bonchev–Trinajstić information content (AvgIpc) is 2.53. The molecule has 0 saturated carbocycles. The van der Waals surface area contributed by atoms with Gasteiger partial charge in [0, 0.05) is 51.5 Å². The summed E-state index contributed by atoms with van der Waals surface area (Å²) in [6.07, 6.45) is 0. The van der Waals surface area contributed by atoms with Gasteiger partial charge in [0.2, 0.25) is 0 Å². The first-order valence-electron chi connectivity index (χ1n) is 7.13. The minimum absolute atomic E-state index is 0. The van der Waals surface area contributed by atoms with E-state index >= 15 is 0 Å². The van der Waals surface area contributed by atoms with Gasteiger partial charge in [-0.2, -0.15) is 0 Å². The van der Waals surface area contributed by atoms with Crippen molar-refractivity contribution in [1.82, 2.24) is 10.2 Å². The van der Waals surface area contributed by atoms with Crippen molar-refractivity contribution in [1.29, 1.82) is 0 Å². The molecule has 1 fully saturated rings. The average molecular weight is 404 g/mol. The molecule has 0 amide bonds. The summed E-state index contributed by atoms with van der Waals surface area (Å²) >= 11 is 0. The summed E-state index contributed by atoms with van der Waals surface area (Å²) in [5, 5.41) is 3.31. The van der Waals surface area contributed by atoms with Gasteiger partial charge in [-0.1, -0.05) is 6.07 Å². The van der Waals surface area contributed by atoms with Gasteiger partial charge < -0.3 is 19.9 Å². The van der Waals surface area contributed by atoms with Gasteiger partial charge >= 0.3 is 0 Å². The van der Waals surface area contributed by atoms with Crippen LogP contribution < -0.4 is 15.0 Å².